The lowest BCUT2D eigenvalue weighted by Gasteiger charge is -2.12. The van der Waals surface area contributed by atoms with Gasteiger partial charge in [-0.25, -0.2) is 19.9 Å². The van der Waals surface area contributed by atoms with Gasteiger partial charge in [0.1, 0.15) is 11.0 Å². The number of fused-ring (bicyclic) bond motifs is 5. The van der Waals surface area contributed by atoms with E-state index in [-0.39, 0.29) is 0 Å². The Bertz CT molecular complexity index is 2550. The van der Waals surface area contributed by atoms with Crippen LogP contribution in [0.5, 0.6) is 0 Å². The molecule has 9 rings (SSSR count). The molecule has 0 amide bonds. The average Bonchev–Trinajstić information content (AvgIpc) is 3.65. The Hall–Kier alpha value is -6.18. The van der Waals surface area contributed by atoms with Crippen molar-refractivity contribution < 1.29 is 0 Å². The summed E-state index contributed by atoms with van der Waals surface area (Å²) in [6.07, 6.45) is 0. The van der Waals surface area contributed by atoms with Gasteiger partial charge in [0, 0.05) is 38.4 Å². The van der Waals surface area contributed by atoms with Crippen molar-refractivity contribution in [3.8, 4) is 56.5 Å². The summed E-state index contributed by atoms with van der Waals surface area (Å²) >= 11 is 1.24. The molecule has 47 heavy (non-hydrogen) atoms. The highest BCUT2D eigenvalue weighted by atomic mass is 32.1. The number of aromatic nitrogens is 6. The van der Waals surface area contributed by atoms with Crippen LogP contribution < -0.4 is 0 Å². The number of para-hydroxylation sites is 1. The second-order valence-corrected chi connectivity index (χ2v) is 11.8. The molecular formula is C40H24N6S. The fourth-order valence-corrected chi connectivity index (χ4v) is 6.62. The monoisotopic (exact) mass is 620 g/mol. The van der Waals surface area contributed by atoms with E-state index < -0.39 is 0 Å². The lowest BCUT2D eigenvalue weighted by molar-refractivity contribution is 1.07. The summed E-state index contributed by atoms with van der Waals surface area (Å²) in [5, 5.41) is 3.20. The Morgan fingerprint density at radius 2 is 0.851 bits per heavy atom. The predicted molar refractivity (Wildman–Crippen MR) is 191 cm³/mol. The zero-order valence-electron chi connectivity index (χ0n) is 24.9. The molecule has 0 N–H and O–H groups in total. The highest BCUT2D eigenvalue weighted by Gasteiger charge is 2.16. The Balaban J connectivity index is 1.15. The molecule has 6 nitrogen and oxygen atoms in total. The van der Waals surface area contributed by atoms with Crippen LogP contribution in [0, 0.1) is 0 Å². The lowest BCUT2D eigenvalue weighted by Crippen LogP contribution is -2.00. The van der Waals surface area contributed by atoms with Crippen molar-refractivity contribution in [2.24, 2.45) is 0 Å². The van der Waals surface area contributed by atoms with Crippen molar-refractivity contribution in [3.63, 3.8) is 0 Å². The van der Waals surface area contributed by atoms with Gasteiger partial charge in [-0.3, -0.25) is 0 Å². The van der Waals surface area contributed by atoms with Gasteiger partial charge in [0.25, 0.3) is 0 Å². The zero-order chi connectivity index (χ0) is 31.2. The minimum atomic E-state index is 0.610. The van der Waals surface area contributed by atoms with Crippen molar-refractivity contribution >= 4 is 44.4 Å². The van der Waals surface area contributed by atoms with Gasteiger partial charge in [-0.05, 0) is 29.3 Å². The number of rotatable bonds is 5. The molecule has 0 aliphatic heterocycles. The number of pyridine rings is 1. The molecular weight excluding hydrogens is 597 g/mol. The third-order valence-electron chi connectivity index (χ3n) is 8.42. The largest absolute Gasteiger partial charge is 0.247 e. The van der Waals surface area contributed by atoms with Crippen LogP contribution in [-0.4, -0.2) is 28.7 Å². The molecule has 220 valence electrons. The van der Waals surface area contributed by atoms with E-state index in [1.807, 2.05) is 54.6 Å². The highest BCUT2D eigenvalue weighted by Crippen LogP contribution is 2.37. The van der Waals surface area contributed by atoms with Gasteiger partial charge in [0.2, 0.25) is 0 Å². The van der Waals surface area contributed by atoms with Crippen LogP contribution in [0.4, 0.5) is 0 Å². The molecule has 0 saturated heterocycles. The Morgan fingerprint density at radius 1 is 0.340 bits per heavy atom. The fourth-order valence-electron chi connectivity index (χ4n) is 6.07. The first kappa shape index (κ1) is 27.2. The van der Waals surface area contributed by atoms with Crippen molar-refractivity contribution in [2.45, 2.75) is 0 Å². The van der Waals surface area contributed by atoms with Crippen molar-refractivity contribution in [2.75, 3.05) is 0 Å². The van der Waals surface area contributed by atoms with Gasteiger partial charge in [0.15, 0.2) is 17.5 Å². The van der Waals surface area contributed by atoms with Crippen molar-refractivity contribution in [3.05, 3.63) is 146 Å². The standard InChI is InChI=1S/C40H24N6S/c1-3-9-25(10-4-1)26-15-19-29(20-16-26)39-42-38(28-11-5-2-6-12-28)43-40(44-39)30-21-17-27(18-22-30)36-32-23-24-34-37(46-47-45-34)35(32)31-13-7-8-14-33(31)41-36/h1-24H. The van der Waals surface area contributed by atoms with E-state index in [1.54, 1.807) is 0 Å². The van der Waals surface area contributed by atoms with Gasteiger partial charge in [-0.2, -0.15) is 8.75 Å². The molecule has 0 unspecified atom stereocenters. The van der Waals surface area contributed by atoms with Crippen LogP contribution in [0.2, 0.25) is 0 Å². The molecule has 6 aromatic carbocycles. The van der Waals surface area contributed by atoms with Gasteiger partial charge >= 0.3 is 0 Å². The molecule has 0 aliphatic carbocycles. The van der Waals surface area contributed by atoms with E-state index >= 15 is 0 Å². The summed E-state index contributed by atoms with van der Waals surface area (Å²) in [6.45, 7) is 0. The number of nitrogens with zero attached hydrogens (tertiary/aromatic N) is 6. The molecule has 9 aromatic rings. The van der Waals surface area contributed by atoms with Crippen LogP contribution in [-0.2, 0) is 0 Å². The quantitative estimate of drug-likeness (QED) is 0.178. The summed E-state index contributed by atoms with van der Waals surface area (Å²) in [4.78, 5) is 19.9. The SMILES string of the molecule is c1ccc(-c2ccc(-c3nc(-c4ccccc4)nc(-c4ccc(-c5nc6ccccc6c6c5ccc5nsnc56)cc4)n3)cc2)cc1. The van der Waals surface area contributed by atoms with Crippen LogP contribution >= 0.6 is 11.7 Å². The second kappa shape index (κ2) is 11.3. The Morgan fingerprint density at radius 3 is 1.51 bits per heavy atom. The Kier molecular flexibility index (Phi) is 6.54. The van der Waals surface area contributed by atoms with E-state index in [1.165, 1.54) is 17.3 Å². The number of hydrogen-bond acceptors (Lipinski definition) is 7. The smallest absolute Gasteiger partial charge is 0.164 e. The van der Waals surface area contributed by atoms with E-state index in [9.17, 15) is 0 Å². The fraction of sp³-hybridized carbons (Fsp3) is 0. The topological polar surface area (TPSA) is 77.3 Å². The minimum Gasteiger partial charge on any atom is -0.247 e. The summed E-state index contributed by atoms with van der Waals surface area (Å²) < 4.78 is 9.14. The predicted octanol–water partition coefficient (Wildman–Crippen LogP) is 9.91. The van der Waals surface area contributed by atoms with Crippen LogP contribution in [0.1, 0.15) is 0 Å². The molecule has 3 aromatic heterocycles. The summed E-state index contributed by atoms with van der Waals surface area (Å²) in [5.74, 6) is 1.87. The Labute approximate surface area is 274 Å². The molecule has 0 aliphatic rings. The molecule has 0 atom stereocenters. The first-order valence-electron chi connectivity index (χ1n) is 15.3. The molecule has 0 spiro atoms. The molecule has 7 heteroatoms. The van der Waals surface area contributed by atoms with Crippen LogP contribution in [0.25, 0.3) is 89.3 Å². The van der Waals surface area contributed by atoms with Gasteiger partial charge in [0.05, 0.1) is 22.9 Å². The van der Waals surface area contributed by atoms with Crippen molar-refractivity contribution in [1.29, 1.82) is 0 Å². The van der Waals surface area contributed by atoms with E-state index in [0.29, 0.717) is 17.5 Å². The molecule has 0 bridgehead atoms. The molecule has 0 saturated carbocycles. The van der Waals surface area contributed by atoms with Crippen LogP contribution in [0.15, 0.2) is 146 Å². The summed E-state index contributed by atoms with van der Waals surface area (Å²) in [7, 11) is 0. The third kappa shape index (κ3) is 4.90. The summed E-state index contributed by atoms with van der Waals surface area (Å²) in [5.41, 5.74) is 9.70. The average molecular weight is 621 g/mol. The molecule has 0 radical (unpaired) electrons. The third-order valence-corrected chi connectivity index (χ3v) is 8.97. The summed E-state index contributed by atoms with van der Waals surface area (Å²) in [6, 6.07) is 49.4. The van der Waals surface area contributed by atoms with Crippen LogP contribution in [0.3, 0.4) is 0 Å². The highest BCUT2D eigenvalue weighted by molar-refractivity contribution is 7.00. The van der Waals surface area contributed by atoms with E-state index in [0.717, 1.165) is 66.2 Å². The maximum absolute atomic E-state index is 5.12. The zero-order valence-corrected chi connectivity index (χ0v) is 25.8. The molecule has 0 fully saturated rings. The number of hydrogen-bond donors (Lipinski definition) is 0. The minimum absolute atomic E-state index is 0.610. The lowest BCUT2D eigenvalue weighted by atomic mass is 9.98. The van der Waals surface area contributed by atoms with Gasteiger partial charge < -0.3 is 0 Å². The first-order valence-corrected chi connectivity index (χ1v) is 16.0. The van der Waals surface area contributed by atoms with Gasteiger partial charge in [-0.15, -0.1) is 0 Å². The normalized spacial score (nSPS) is 11.4. The van der Waals surface area contributed by atoms with Gasteiger partial charge in [-0.1, -0.05) is 127 Å². The van der Waals surface area contributed by atoms with E-state index in [2.05, 4.69) is 99.7 Å². The number of benzene rings is 6. The maximum Gasteiger partial charge on any atom is 0.164 e. The first-order chi connectivity index (χ1) is 23.3. The molecule has 3 heterocycles. The van der Waals surface area contributed by atoms with E-state index in [4.69, 9.17) is 19.9 Å². The second-order valence-electron chi connectivity index (χ2n) is 11.3. The maximum atomic E-state index is 5.12. The van der Waals surface area contributed by atoms with Crippen molar-refractivity contribution in [1.82, 2.24) is 28.7 Å².